The molecule has 1 aromatic rings. The standard InChI is InChI=1S/C16H23N3O4S.C2HF3O2/c1-24(21,22)18-11-13-5-4-7-16(23-13)8-10-19(12-16)15(20)14-6-2-3-9-17-14;3-2(4,5)1(6)7/h2-3,6,9,13,18H,4-5,7-8,10-12H2,1H3;(H,6,7)/t13-,16-;/m1./s1. The number of ether oxygens (including phenoxy) is 1. The Hall–Kier alpha value is -2.25. The Balaban J connectivity index is 0.000000423. The molecule has 2 aliphatic heterocycles. The molecular weight excluding hydrogens is 443 g/mol. The van der Waals surface area contributed by atoms with Gasteiger partial charge in [-0.1, -0.05) is 6.07 Å². The zero-order valence-electron chi connectivity index (χ0n) is 16.8. The molecule has 0 bridgehead atoms. The number of likely N-dealkylation sites (tertiary alicyclic amines) is 1. The maximum Gasteiger partial charge on any atom is 0.490 e. The highest BCUT2D eigenvalue weighted by Crippen LogP contribution is 2.36. The maximum atomic E-state index is 12.5. The lowest BCUT2D eigenvalue weighted by Crippen LogP contribution is -2.47. The molecule has 174 valence electrons. The summed E-state index contributed by atoms with van der Waals surface area (Å²) in [7, 11) is -3.22. The van der Waals surface area contributed by atoms with Crippen LogP contribution in [-0.2, 0) is 19.6 Å². The first-order valence-electron chi connectivity index (χ1n) is 9.44. The van der Waals surface area contributed by atoms with Crippen molar-refractivity contribution >= 4 is 21.9 Å². The summed E-state index contributed by atoms with van der Waals surface area (Å²) in [5.74, 6) is -2.83. The van der Waals surface area contributed by atoms with E-state index in [1.807, 2.05) is 0 Å². The van der Waals surface area contributed by atoms with Crippen molar-refractivity contribution in [3.63, 3.8) is 0 Å². The molecule has 0 radical (unpaired) electrons. The number of amides is 1. The molecule has 0 saturated carbocycles. The Morgan fingerprint density at radius 1 is 1.35 bits per heavy atom. The summed E-state index contributed by atoms with van der Waals surface area (Å²) in [5.41, 5.74) is 0.0904. The van der Waals surface area contributed by atoms with E-state index in [1.165, 1.54) is 0 Å². The van der Waals surface area contributed by atoms with Crippen molar-refractivity contribution in [2.45, 2.75) is 43.6 Å². The third kappa shape index (κ3) is 7.74. The molecule has 0 aromatic carbocycles. The maximum absolute atomic E-state index is 12.5. The minimum atomic E-state index is -5.08. The van der Waals surface area contributed by atoms with Crippen LogP contribution in [0.5, 0.6) is 0 Å². The summed E-state index contributed by atoms with van der Waals surface area (Å²) in [6.07, 6.45) is 1.02. The SMILES string of the molecule is CS(=O)(=O)NC[C@H]1CCC[C@]2(CCN(C(=O)c3ccccn3)C2)O1.O=C(O)C(F)(F)F. The number of aromatic nitrogens is 1. The van der Waals surface area contributed by atoms with E-state index in [-0.39, 0.29) is 24.2 Å². The topological polar surface area (TPSA) is 126 Å². The number of nitrogens with zero attached hydrogens (tertiary/aromatic N) is 2. The van der Waals surface area contributed by atoms with Crippen LogP contribution in [0.25, 0.3) is 0 Å². The Kier molecular flexibility index (Phi) is 8.00. The number of pyridine rings is 1. The number of hydrogen-bond donors (Lipinski definition) is 2. The molecule has 13 heteroatoms. The lowest BCUT2D eigenvalue weighted by molar-refractivity contribution is -0.192. The number of carbonyl (C=O) groups is 2. The van der Waals surface area contributed by atoms with Crippen LogP contribution < -0.4 is 4.72 Å². The molecule has 2 aliphatic rings. The molecule has 2 saturated heterocycles. The second-order valence-electron chi connectivity index (χ2n) is 7.43. The molecule has 31 heavy (non-hydrogen) atoms. The minimum absolute atomic E-state index is 0.0764. The van der Waals surface area contributed by atoms with Crippen LogP contribution in [0.2, 0.25) is 0 Å². The van der Waals surface area contributed by atoms with Gasteiger partial charge in [0.25, 0.3) is 5.91 Å². The van der Waals surface area contributed by atoms with Crippen LogP contribution in [0.4, 0.5) is 13.2 Å². The van der Waals surface area contributed by atoms with E-state index in [4.69, 9.17) is 14.6 Å². The molecule has 2 N–H and O–H groups in total. The first kappa shape index (κ1) is 25.0. The van der Waals surface area contributed by atoms with Gasteiger partial charge < -0.3 is 14.7 Å². The van der Waals surface area contributed by atoms with Gasteiger partial charge in [0.15, 0.2) is 0 Å². The smallest absolute Gasteiger partial charge is 0.475 e. The first-order valence-corrected chi connectivity index (χ1v) is 11.3. The Morgan fingerprint density at radius 3 is 2.58 bits per heavy atom. The fourth-order valence-electron chi connectivity index (χ4n) is 3.48. The van der Waals surface area contributed by atoms with Gasteiger partial charge in [-0.3, -0.25) is 9.78 Å². The molecular formula is C18H24F3N3O6S. The van der Waals surface area contributed by atoms with E-state index in [0.717, 1.165) is 31.9 Å². The number of halogens is 3. The van der Waals surface area contributed by atoms with Crippen LogP contribution in [0.1, 0.15) is 36.2 Å². The van der Waals surface area contributed by atoms with Crippen molar-refractivity contribution in [1.29, 1.82) is 0 Å². The molecule has 0 aliphatic carbocycles. The molecule has 1 aromatic heterocycles. The third-order valence-corrected chi connectivity index (χ3v) is 5.57. The predicted octanol–water partition coefficient (Wildman–Crippen LogP) is 1.42. The number of aliphatic carboxylic acids is 1. The number of carboxylic acid groups (broad SMARTS) is 1. The highest BCUT2D eigenvalue weighted by Gasteiger charge is 2.44. The van der Waals surface area contributed by atoms with Gasteiger partial charge in [-0.15, -0.1) is 0 Å². The number of sulfonamides is 1. The summed E-state index contributed by atoms with van der Waals surface area (Å²) in [6, 6.07) is 5.30. The summed E-state index contributed by atoms with van der Waals surface area (Å²) in [5, 5.41) is 7.12. The third-order valence-electron chi connectivity index (χ3n) is 4.88. The minimum Gasteiger partial charge on any atom is -0.475 e. The molecule has 3 heterocycles. The zero-order chi connectivity index (χ0) is 23.3. The van der Waals surface area contributed by atoms with Crippen molar-refractivity contribution in [3.05, 3.63) is 30.1 Å². The Morgan fingerprint density at radius 2 is 2.03 bits per heavy atom. The van der Waals surface area contributed by atoms with Crippen LogP contribution in [0.3, 0.4) is 0 Å². The second-order valence-corrected chi connectivity index (χ2v) is 9.26. The van der Waals surface area contributed by atoms with Gasteiger partial charge in [0.1, 0.15) is 5.69 Å². The monoisotopic (exact) mass is 467 g/mol. The van der Waals surface area contributed by atoms with Crippen LogP contribution in [0.15, 0.2) is 24.4 Å². The van der Waals surface area contributed by atoms with E-state index >= 15 is 0 Å². The number of carboxylic acids is 1. The van der Waals surface area contributed by atoms with Gasteiger partial charge in [0.2, 0.25) is 10.0 Å². The normalized spacial score (nSPS) is 23.9. The van der Waals surface area contributed by atoms with Crippen LogP contribution in [0, 0.1) is 0 Å². The van der Waals surface area contributed by atoms with E-state index in [0.29, 0.717) is 18.8 Å². The van der Waals surface area contributed by atoms with E-state index in [9.17, 15) is 26.4 Å². The highest BCUT2D eigenvalue weighted by molar-refractivity contribution is 7.88. The average Bonchev–Trinajstić information content (AvgIpc) is 3.09. The lowest BCUT2D eigenvalue weighted by Gasteiger charge is -2.38. The van der Waals surface area contributed by atoms with Crippen molar-refractivity contribution in [3.8, 4) is 0 Å². The number of hydrogen-bond acceptors (Lipinski definition) is 6. The fraction of sp³-hybridized carbons (Fsp3) is 0.611. The van der Waals surface area contributed by atoms with Gasteiger partial charge >= 0.3 is 12.1 Å². The van der Waals surface area contributed by atoms with Gasteiger partial charge in [-0.05, 0) is 37.8 Å². The Bertz CT molecular complexity index is 881. The van der Waals surface area contributed by atoms with E-state index in [1.54, 1.807) is 29.3 Å². The molecule has 1 amide bonds. The van der Waals surface area contributed by atoms with E-state index in [2.05, 4.69) is 9.71 Å². The van der Waals surface area contributed by atoms with Crippen molar-refractivity contribution in [1.82, 2.24) is 14.6 Å². The van der Waals surface area contributed by atoms with Gasteiger partial charge in [0.05, 0.1) is 24.5 Å². The molecule has 3 rings (SSSR count). The summed E-state index contributed by atoms with van der Waals surface area (Å²) in [4.78, 5) is 27.3. The summed E-state index contributed by atoms with van der Waals surface area (Å²) < 4.78 is 63.0. The molecule has 0 unspecified atom stereocenters. The quantitative estimate of drug-likeness (QED) is 0.686. The van der Waals surface area contributed by atoms with Crippen LogP contribution in [-0.4, -0.2) is 79.1 Å². The molecule has 1 spiro atoms. The first-order chi connectivity index (χ1) is 14.3. The Labute approximate surface area is 177 Å². The molecule has 2 atom stereocenters. The summed E-state index contributed by atoms with van der Waals surface area (Å²) >= 11 is 0. The number of alkyl halides is 3. The highest BCUT2D eigenvalue weighted by atomic mass is 32.2. The fourth-order valence-corrected chi connectivity index (χ4v) is 3.97. The van der Waals surface area contributed by atoms with Crippen LogP contribution >= 0.6 is 0 Å². The molecule has 9 nitrogen and oxygen atoms in total. The van der Waals surface area contributed by atoms with Gasteiger partial charge in [0, 0.05) is 19.3 Å². The second kappa shape index (κ2) is 9.92. The van der Waals surface area contributed by atoms with Crippen molar-refractivity contribution in [2.24, 2.45) is 0 Å². The number of carbonyl (C=O) groups excluding carboxylic acids is 1. The molecule has 2 fully saturated rings. The number of rotatable bonds is 4. The van der Waals surface area contributed by atoms with Crippen molar-refractivity contribution in [2.75, 3.05) is 25.9 Å². The number of nitrogens with one attached hydrogen (secondary N) is 1. The van der Waals surface area contributed by atoms with Gasteiger partial charge in [-0.2, -0.15) is 13.2 Å². The van der Waals surface area contributed by atoms with Crippen molar-refractivity contribution < 1.29 is 41.0 Å². The van der Waals surface area contributed by atoms with Gasteiger partial charge in [-0.25, -0.2) is 17.9 Å². The van der Waals surface area contributed by atoms with E-state index < -0.39 is 22.2 Å². The zero-order valence-corrected chi connectivity index (χ0v) is 17.6. The average molecular weight is 467 g/mol. The summed E-state index contributed by atoms with van der Waals surface area (Å²) in [6.45, 7) is 1.47. The lowest BCUT2D eigenvalue weighted by atomic mass is 9.90. The predicted molar refractivity (Wildman–Crippen MR) is 103 cm³/mol. The largest absolute Gasteiger partial charge is 0.490 e.